The number of carbonyl (C=O) groups is 1. The molecule has 1 amide bonds. The highest BCUT2D eigenvalue weighted by Crippen LogP contribution is 2.26. The zero-order valence-corrected chi connectivity index (χ0v) is 16.8. The van der Waals surface area contributed by atoms with Crippen molar-refractivity contribution in [3.05, 3.63) is 17.0 Å². The van der Waals surface area contributed by atoms with Gasteiger partial charge in [-0.15, -0.1) is 0 Å². The van der Waals surface area contributed by atoms with Gasteiger partial charge in [-0.3, -0.25) is 9.79 Å². The Balaban J connectivity index is 1.52. The van der Waals surface area contributed by atoms with Gasteiger partial charge in [0.25, 0.3) is 0 Å². The van der Waals surface area contributed by atoms with E-state index in [9.17, 15) is 4.79 Å². The fourth-order valence-corrected chi connectivity index (χ4v) is 3.76. The van der Waals surface area contributed by atoms with E-state index in [2.05, 4.69) is 28.0 Å². The van der Waals surface area contributed by atoms with E-state index in [1.165, 1.54) is 0 Å². The summed E-state index contributed by atoms with van der Waals surface area (Å²) in [5.41, 5.74) is 2.08. The molecule has 0 bridgehead atoms. The topological polar surface area (TPSA) is 91.6 Å². The molecular weight excluding hydrogens is 342 g/mol. The summed E-state index contributed by atoms with van der Waals surface area (Å²) in [5.74, 6) is 2.07. The molecule has 0 aromatic carbocycles. The van der Waals surface area contributed by atoms with Crippen LogP contribution in [-0.4, -0.2) is 42.2 Å². The van der Waals surface area contributed by atoms with E-state index >= 15 is 0 Å². The van der Waals surface area contributed by atoms with Gasteiger partial charge in [0.15, 0.2) is 5.96 Å². The number of rotatable bonds is 7. The molecule has 2 fully saturated rings. The number of aryl methyl sites for hydroxylation is 2. The third-order valence-corrected chi connectivity index (χ3v) is 5.47. The molecule has 7 heteroatoms. The van der Waals surface area contributed by atoms with Gasteiger partial charge in [0, 0.05) is 36.7 Å². The first kappa shape index (κ1) is 19.7. The van der Waals surface area contributed by atoms with Gasteiger partial charge >= 0.3 is 0 Å². The highest BCUT2D eigenvalue weighted by Gasteiger charge is 2.31. The molecule has 7 nitrogen and oxygen atoms in total. The van der Waals surface area contributed by atoms with Crippen molar-refractivity contribution in [1.82, 2.24) is 21.1 Å². The van der Waals surface area contributed by atoms with Gasteiger partial charge < -0.3 is 20.5 Å². The number of amides is 1. The minimum atomic E-state index is 0.127. The summed E-state index contributed by atoms with van der Waals surface area (Å²) in [6.07, 6.45) is 7.14. The standard InChI is InChI=1S/C20H33N5O2/c1-4-21-20(22-11-10-18-13(2)25-27-14(18)3)24-17-7-5-6-15(12-17)19(26)23-16-8-9-16/h15-17H,4-12H2,1-3H3,(H,23,26)(H2,21,22,24). The van der Waals surface area contributed by atoms with Crippen molar-refractivity contribution in [2.24, 2.45) is 10.9 Å². The first-order valence-corrected chi connectivity index (χ1v) is 10.3. The summed E-state index contributed by atoms with van der Waals surface area (Å²) in [6, 6.07) is 0.736. The summed E-state index contributed by atoms with van der Waals surface area (Å²) in [6.45, 7) is 7.47. The SMILES string of the molecule is CCNC(=NCCc1c(C)noc1C)NC1CCCC(C(=O)NC2CC2)C1. The Morgan fingerprint density at radius 2 is 2.00 bits per heavy atom. The van der Waals surface area contributed by atoms with Gasteiger partial charge in [0.2, 0.25) is 5.91 Å². The molecule has 2 unspecified atom stereocenters. The zero-order chi connectivity index (χ0) is 19.2. The Labute approximate surface area is 161 Å². The molecule has 1 aromatic rings. The minimum Gasteiger partial charge on any atom is -0.361 e. The second-order valence-corrected chi connectivity index (χ2v) is 7.80. The molecular formula is C20H33N5O2. The van der Waals surface area contributed by atoms with Gasteiger partial charge in [0.05, 0.1) is 5.69 Å². The van der Waals surface area contributed by atoms with Crippen LogP contribution in [0.3, 0.4) is 0 Å². The fourth-order valence-electron chi connectivity index (χ4n) is 3.76. The van der Waals surface area contributed by atoms with Gasteiger partial charge in [-0.2, -0.15) is 0 Å². The van der Waals surface area contributed by atoms with Crippen LogP contribution < -0.4 is 16.0 Å². The van der Waals surface area contributed by atoms with Crippen LogP contribution >= 0.6 is 0 Å². The predicted octanol–water partition coefficient (Wildman–Crippen LogP) is 2.23. The van der Waals surface area contributed by atoms with E-state index < -0.39 is 0 Å². The maximum Gasteiger partial charge on any atom is 0.223 e. The lowest BCUT2D eigenvalue weighted by atomic mass is 9.85. The van der Waals surface area contributed by atoms with Crippen LogP contribution in [0.5, 0.6) is 0 Å². The minimum absolute atomic E-state index is 0.127. The van der Waals surface area contributed by atoms with Gasteiger partial charge in [-0.05, 0) is 59.3 Å². The molecule has 1 aromatic heterocycles. The summed E-state index contributed by atoms with van der Waals surface area (Å²) in [7, 11) is 0. The first-order valence-electron chi connectivity index (χ1n) is 10.3. The average Bonchev–Trinajstić information content (AvgIpc) is 3.41. The Bertz CT molecular complexity index is 646. The Kier molecular flexibility index (Phi) is 6.74. The Morgan fingerprint density at radius 1 is 1.19 bits per heavy atom. The summed E-state index contributed by atoms with van der Waals surface area (Å²) < 4.78 is 5.22. The van der Waals surface area contributed by atoms with Crippen molar-refractivity contribution >= 4 is 11.9 Å². The number of nitrogens with one attached hydrogen (secondary N) is 3. The van der Waals surface area contributed by atoms with Crippen LogP contribution in [0.4, 0.5) is 0 Å². The number of hydrogen-bond donors (Lipinski definition) is 3. The van der Waals surface area contributed by atoms with Crippen LogP contribution in [0.2, 0.25) is 0 Å². The lowest BCUT2D eigenvalue weighted by molar-refractivity contribution is -0.126. The van der Waals surface area contributed by atoms with Gasteiger partial charge in [-0.25, -0.2) is 0 Å². The molecule has 3 N–H and O–H groups in total. The highest BCUT2D eigenvalue weighted by molar-refractivity contribution is 5.81. The highest BCUT2D eigenvalue weighted by atomic mass is 16.5. The van der Waals surface area contributed by atoms with E-state index in [4.69, 9.17) is 9.52 Å². The maximum absolute atomic E-state index is 12.4. The second-order valence-electron chi connectivity index (χ2n) is 7.80. The van der Waals surface area contributed by atoms with Crippen LogP contribution in [0.25, 0.3) is 0 Å². The number of carbonyl (C=O) groups excluding carboxylic acids is 1. The third kappa shape index (κ3) is 5.71. The van der Waals surface area contributed by atoms with Crippen molar-refractivity contribution in [1.29, 1.82) is 0 Å². The van der Waals surface area contributed by atoms with E-state index in [0.29, 0.717) is 18.6 Å². The number of aliphatic imine (C=N–C) groups is 1. The van der Waals surface area contributed by atoms with Crippen molar-refractivity contribution in [2.45, 2.75) is 77.8 Å². The number of hydrogen-bond acceptors (Lipinski definition) is 4. The Morgan fingerprint density at radius 3 is 2.67 bits per heavy atom. The summed E-state index contributed by atoms with van der Waals surface area (Å²) in [5, 5.41) is 14.0. The van der Waals surface area contributed by atoms with Crippen LogP contribution in [0, 0.1) is 19.8 Å². The van der Waals surface area contributed by atoms with Crippen molar-refractivity contribution in [3.8, 4) is 0 Å². The monoisotopic (exact) mass is 375 g/mol. The van der Waals surface area contributed by atoms with Crippen molar-refractivity contribution in [2.75, 3.05) is 13.1 Å². The number of nitrogens with zero attached hydrogens (tertiary/aromatic N) is 2. The molecule has 150 valence electrons. The number of guanidine groups is 1. The van der Waals surface area contributed by atoms with Gasteiger partial charge in [0.1, 0.15) is 5.76 Å². The van der Waals surface area contributed by atoms with Crippen molar-refractivity contribution in [3.63, 3.8) is 0 Å². The molecule has 0 aliphatic heterocycles. The first-order chi connectivity index (χ1) is 13.1. The molecule has 2 saturated carbocycles. The van der Waals surface area contributed by atoms with Crippen LogP contribution in [0.15, 0.2) is 9.52 Å². The van der Waals surface area contributed by atoms with E-state index in [1.54, 1.807) is 0 Å². The smallest absolute Gasteiger partial charge is 0.223 e. The number of aromatic nitrogens is 1. The molecule has 1 heterocycles. The normalized spacial score (nSPS) is 23.1. The van der Waals surface area contributed by atoms with Crippen LogP contribution in [0.1, 0.15) is 62.5 Å². The molecule has 2 aliphatic rings. The lowest BCUT2D eigenvalue weighted by Crippen LogP contribution is -2.47. The molecule has 2 atom stereocenters. The molecule has 0 spiro atoms. The van der Waals surface area contributed by atoms with E-state index in [1.807, 2.05) is 13.8 Å². The van der Waals surface area contributed by atoms with E-state index in [0.717, 1.165) is 74.5 Å². The molecule has 27 heavy (non-hydrogen) atoms. The van der Waals surface area contributed by atoms with E-state index in [-0.39, 0.29) is 11.8 Å². The fraction of sp³-hybridized carbons (Fsp3) is 0.750. The van der Waals surface area contributed by atoms with Gasteiger partial charge in [-0.1, -0.05) is 11.6 Å². The summed E-state index contributed by atoms with van der Waals surface area (Å²) >= 11 is 0. The largest absolute Gasteiger partial charge is 0.361 e. The molecule has 3 rings (SSSR count). The predicted molar refractivity (Wildman–Crippen MR) is 106 cm³/mol. The second kappa shape index (κ2) is 9.24. The lowest BCUT2D eigenvalue weighted by Gasteiger charge is -2.30. The maximum atomic E-state index is 12.4. The van der Waals surface area contributed by atoms with Crippen LogP contribution in [-0.2, 0) is 11.2 Å². The Hall–Kier alpha value is -2.05. The average molecular weight is 376 g/mol. The molecule has 0 radical (unpaired) electrons. The van der Waals surface area contributed by atoms with Crippen molar-refractivity contribution < 1.29 is 9.32 Å². The third-order valence-electron chi connectivity index (χ3n) is 5.47. The quantitative estimate of drug-likeness (QED) is 0.502. The molecule has 2 aliphatic carbocycles. The molecule has 0 saturated heterocycles. The summed E-state index contributed by atoms with van der Waals surface area (Å²) in [4.78, 5) is 17.1. The zero-order valence-electron chi connectivity index (χ0n) is 16.8.